The van der Waals surface area contributed by atoms with Crippen LogP contribution in [0.25, 0.3) is 0 Å². The zero-order valence-corrected chi connectivity index (χ0v) is 20.3. The Labute approximate surface area is 198 Å². The Morgan fingerprint density at radius 2 is 1.85 bits per heavy atom. The van der Waals surface area contributed by atoms with Crippen LogP contribution in [0.3, 0.4) is 0 Å². The van der Waals surface area contributed by atoms with Gasteiger partial charge in [-0.15, -0.1) is 0 Å². The molecular weight excluding hydrogens is 416 g/mol. The van der Waals surface area contributed by atoms with E-state index < -0.39 is 6.10 Å². The van der Waals surface area contributed by atoms with Gasteiger partial charge in [-0.1, -0.05) is 51.1 Å². The van der Waals surface area contributed by atoms with Gasteiger partial charge in [0, 0.05) is 25.0 Å². The number of carbonyl (C=O) groups is 2. The lowest BCUT2D eigenvalue weighted by Crippen LogP contribution is -2.59. The van der Waals surface area contributed by atoms with Crippen molar-refractivity contribution in [2.45, 2.75) is 65.0 Å². The first-order chi connectivity index (χ1) is 15.8. The Morgan fingerprint density at radius 1 is 1.18 bits per heavy atom. The van der Waals surface area contributed by atoms with Crippen molar-refractivity contribution in [2.75, 3.05) is 26.3 Å². The standard InChI is InChI=1S/C27H40N2O4/c1-18(26(32)29-13-15-33-16-14-29)21-9-11-27(3)12-10-22(19(2)24(27)25(21)31)28-23(30)17-20-7-5-4-6-8-20/h4-8,18-19,21-22,24-25,31H,9-17H2,1-3H3,(H,28,30)/t18-,19+,21+,22-,24+,25-,27-/m0/s1. The van der Waals surface area contributed by atoms with Crippen LogP contribution in [0.1, 0.15) is 52.0 Å². The summed E-state index contributed by atoms with van der Waals surface area (Å²) in [7, 11) is 0. The van der Waals surface area contributed by atoms with Crippen LogP contribution in [-0.2, 0) is 20.7 Å². The van der Waals surface area contributed by atoms with E-state index in [1.54, 1.807) is 0 Å². The minimum Gasteiger partial charge on any atom is -0.392 e. The highest BCUT2D eigenvalue weighted by atomic mass is 16.5. The molecule has 2 saturated carbocycles. The van der Waals surface area contributed by atoms with Crippen molar-refractivity contribution in [1.29, 1.82) is 0 Å². The maximum absolute atomic E-state index is 13.1. The lowest BCUT2D eigenvalue weighted by atomic mass is 9.51. The first-order valence-electron chi connectivity index (χ1n) is 12.7. The van der Waals surface area contributed by atoms with E-state index in [9.17, 15) is 14.7 Å². The van der Waals surface area contributed by atoms with Crippen LogP contribution in [-0.4, -0.2) is 60.3 Å². The second kappa shape index (κ2) is 10.1. The van der Waals surface area contributed by atoms with Crippen LogP contribution in [0.15, 0.2) is 30.3 Å². The second-order valence-electron chi connectivity index (χ2n) is 10.8. The minimum atomic E-state index is -0.535. The van der Waals surface area contributed by atoms with Crippen LogP contribution >= 0.6 is 0 Å². The average Bonchev–Trinajstić information content (AvgIpc) is 2.81. The SMILES string of the molecule is C[C@H]1[C@@H]2[C@@H](O)[C@@H]([C@H](C)C(=O)N3CCOCC3)CC[C@@]2(C)CC[C@@H]1NC(=O)Cc1ccccc1. The maximum atomic E-state index is 13.1. The molecule has 33 heavy (non-hydrogen) atoms. The van der Waals surface area contributed by atoms with Crippen LogP contribution in [0, 0.1) is 29.1 Å². The van der Waals surface area contributed by atoms with E-state index in [0.717, 1.165) is 31.2 Å². The number of benzene rings is 1. The predicted molar refractivity (Wildman–Crippen MR) is 127 cm³/mol. The largest absolute Gasteiger partial charge is 0.392 e. The molecule has 7 atom stereocenters. The molecule has 0 aromatic heterocycles. The van der Waals surface area contributed by atoms with E-state index in [1.807, 2.05) is 42.2 Å². The zero-order chi connectivity index (χ0) is 23.6. The smallest absolute Gasteiger partial charge is 0.225 e. The molecule has 1 aromatic rings. The molecule has 6 nitrogen and oxygen atoms in total. The Hall–Kier alpha value is -1.92. The van der Waals surface area contributed by atoms with Crippen LogP contribution in [0.4, 0.5) is 0 Å². The van der Waals surface area contributed by atoms with E-state index in [2.05, 4.69) is 19.2 Å². The number of aliphatic hydroxyl groups excluding tert-OH is 1. The molecule has 3 aliphatic rings. The molecule has 0 unspecified atom stereocenters. The molecule has 0 radical (unpaired) electrons. The first-order valence-corrected chi connectivity index (χ1v) is 12.7. The second-order valence-corrected chi connectivity index (χ2v) is 10.8. The van der Waals surface area contributed by atoms with Gasteiger partial charge in [0.1, 0.15) is 0 Å². The third-order valence-electron chi connectivity index (χ3n) is 8.80. The highest BCUT2D eigenvalue weighted by Crippen LogP contribution is 2.55. The molecule has 2 aliphatic carbocycles. The van der Waals surface area contributed by atoms with Crippen LogP contribution in [0.5, 0.6) is 0 Å². The highest BCUT2D eigenvalue weighted by molar-refractivity contribution is 5.79. The van der Waals surface area contributed by atoms with Crippen molar-refractivity contribution in [3.63, 3.8) is 0 Å². The zero-order valence-electron chi connectivity index (χ0n) is 20.3. The summed E-state index contributed by atoms with van der Waals surface area (Å²) < 4.78 is 5.40. The van der Waals surface area contributed by atoms with Gasteiger partial charge in [-0.2, -0.15) is 0 Å². The number of ether oxygens (including phenoxy) is 1. The molecule has 1 aliphatic heterocycles. The van der Waals surface area contributed by atoms with E-state index in [1.165, 1.54) is 0 Å². The molecule has 1 saturated heterocycles. The van der Waals surface area contributed by atoms with E-state index in [4.69, 9.17) is 4.74 Å². The minimum absolute atomic E-state index is 0.0411. The molecule has 2 N–H and O–H groups in total. The maximum Gasteiger partial charge on any atom is 0.225 e. The fourth-order valence-electron chi connectivity index (χ4n) is 6.79. The Bertz CT molecular complexity index is 825. The lowest BCUT2D eigenvalue weighted by Gasteiger charge is -2.56. The van der Waals surface area contributed by atoms with Gasteiger partial charge in [-0.05, 0) is 54.4 Å². The summed E-state index contributed by atoms with van der Waals surface area (Å²) in [6.45, 7) is 8.92. The third-order valence-corrected chi connectivity index (χ3v) is 8.80. The number of aliphatic hydroxyl groups is 1. The molecule has 3 fully saturated rings. The van der Waals surface area contributed by atoms with Crippen molar-refractivity contribution in [3.05, 3.63) is 35.9 Å². The van der Waals surface area contributed by atoms with Gasteiger partial charge in [-0.25, -0.2) is 0 Å². The highest BCUT2D eigenvalue weighted by Gasteiger charge is 2.54. The monoisotopic (exact) mass is 456 g/mol. The summed E-state index contributed by atoms with van der Waals surface area (Å²) in [5.74, 6) is 0.169. The number of nitrogens with zero attached hydrogens (tertiary/aromatic N) is 1. The van der Waals surface area contributed by atoms with Gasteiger partial charge in [0.05, 0.1) is 25.7 Å². The Morgan fingerprint density at radius 3 is 2.55 bits per heavy atom. The molecule has 0 spiro atoms. The average molecular weight is 457 g/mol. The topological polar surface area (TPSA) is 78.9 Å². The molecular formula is C27H40N2O4. The van der Waals surface area contributed by atoms with Gasteiger partial charge >= 0.3 is 0 Å². The number of rotatable bonds is 5. The Balaban J connectivity index is 1.43. The third kappa shape index (κ3) is 5.12. The summed E-state index contributed by atoms with van der Waals surface area (Å²) in [5, 5.41) is 14.9. The number of hydrogen-bond donors (Lipinski definition) is 2. The number of morpholine rings is 1. The molecule has 2 amide bonds. The van der Waals surface area contributed by atoms with Gasteiger partial charge in [0.2, 0.25) is 11.8 Å². The van der Waals surface area contributed by atoms with E-state index in [-0.39, 0.29) is 46.9 Å². The molecule has 1 heterocycles. The summed E-state index contributed by atoms with van der Waals surface area (Å²) in [6, 6.07) is 9.87. The predicted octanol–water partition coefficient (Wildman–Crippen LogP) is 3.03. The number of nitrogens with one attached hydrogen (secondary N) is 1. The van der Waals surface area contributed by atoms with Crippen molar-refractivity contribution in [3.8, 4) is 0 Å². The number of amides is 2. The number of fused-ring (bicyclic) bond motifs is 1. The normalized spacial score (nSPS) is 35.4. The van der Waals surface area contributed by atoms with E-state index >= 15 is 0 Å². The van der Waals surface area contributed by atoms with Gasteiger partial charge in [-0.3, -0.25) is 9.59 Å². The molecule has 182 valence electrons. The van der Waals surface area contributed by atoms with Gasteiger partial charge in [0.25, 0.3) is 0 Å². The van der Waals surface area contributed by atoms with Crippen LogP contribution in [0.2, 0.25) is 0 Å². The van der Waals surface area contributed by atoms with Crippen molar-refractivity contribution >= 4 is 11.8 Å². The molecule has 1 aromatic carbocycles. The van der Waals surface area contributed by atoms with Crippen LogP contribution < -0.4 is 5.32 Å². The lowest BCUT2D eigenvalue weighted by molar-refractivity contribution is -0.153. The number of hydrogen-bond acceptors (Lipinski definition) is 4. The van der Waals surface area contributed by atoms with Gasteiger partial charge < -0.3 is 20.1 Å². The molecule has 6 heteroatoms. The van der Waals surface area contributed by atoms with Gasteiger partial charge in [0.15, 0.2) is 0 Å². The van der Waals surface area contributed by atoms with Crippen molar-refractivity contribution in [2.24, 2.45) is 29.1 Å². The summed E-state index contributed by atoms with van der Waals surface area (Å²) in [6.07, 6.45) is 3.68. The summed E-state index contributed by atoms with van der Waals surface area (Å²) in [5.41, 5.74) is 1.06. The van der Waals surface area contributed by atoms with E-state index in [0.29, 0.717) is 32.7 Å². The summed E-state index contributed by atoms with van der Waals surface area (Å²) in [4.78, 5) is 27.8. The fourth-order valence-corrected chi connectivity index (χ4v) is 6.79. The van der Waals surface area contributed by atoms with Crippen molar-refractivity contribution < 1.29 is 19.4 Å². The Kier molecular flexibility index (Phi) is 7.44. The molecule has 4 rings (SSSR count). The quantitative estimate of drug-likeness (QED) is 0.714. The van der Waals surface area contributed by atoms with Crippen molar-refractivity contribution in [1.82, 2.24) is 10.2 Å². The summed E-state index contributed by atoms with van der Waals surface area (Å²) >= 11 is 0. The number of carbonyl (C=O) groups excluding carboxylic acids is 2. The molecule has 0 bridgehead atoms. The first kappa shape index (κ1) is 24.2. The fraction of sp³-hybridized carbons (Fsp3) is 0.704.